The smallest absolute Gasteiger partial charge is 0.411 e. The molecule has 4 rings (SSSR count). The number of fused-ring (bicyclic) bond motifs is 2. The lowest BCUT2D eigenvalue weighted by atomic mass is 9.84. The summed E-state index contributed by atoms with van der Waals surface area (Å²) in [5.41, 5.74) is 1.56. The van der Waals surface area contributed by atoms with E-state index in [1.807, 2.05) is 24.8 Å². The van der Waals surface area contributed by atoms with E-state index in [1.165, 1.54) is 0 Å². The van der Waals surface area contributed by atoms with Crippen LogP contribution < -0.4 is 0 Å². The predicted octanol–water partition coefficient (Wildman–Crippen LogP) is 4.24. The van der Waals surface area contributed by atoms with Crippen LogP contribution in [0.5, 0.6) is 0 Å². The Kier molecular flexibility index (Phi) is 3.37. The fourth-order valence-electron chi connectivity index (χ4n) is 3.85. The molecule has 2 saturated heterocycles. The molecule has 2 unspecified atom stereocenters. The van der Waals surface area contributed by atoms with Gasteiger partial charge < -0.3 is 9.72 Å². The largest absolute Gasteiger partial charge is 0.443 e. The van der Waals surface area contributed by atoms with Crippen LogP contribution in [-0.2, 0) is 4.74 Å². The molecule has 1 N–H and O–H groups in total. The number of aromatic amines is 1. The molecule has 0 bridgehead atoms. The highest BCUT2D eigenvalue weighted by molar-refractivity contribution is 14.1. The summed E-state index contributed by atoms with van der Waals surface area (Å²) in [4.78, 5) is 22.6. The number of ether oxygens (including phenoxy) is 1. The van der Waals surface area contributed by atoms with Crippen LogP contribution in [0.1, 0.15) is 45.5 Å². The fourth-order valence-corrected chi connectivity index (χ4v) is 4.33. The van der Waals surface area contributed by atoms with Gasteiger partial charge in [-0.05, 0) is 67.5 Å². The van der Waals surface area contributed by atoms with Gasteiger partial charge in [-0.15, -0.1) is 0 Å². The highest BCUT2D eigenvalue weighted by atomic mass is 127. The van der Waals surface area contributed by atoms with Crippen LogP contribution in [0.4, 0.5) is 4.79 Å². The van der Waals surface area contributed by atoms with Crippen molar-refractivity contribution in [2.24, 2.45) is 5.92 Å². The summed E-state index contributed by atoms with van der Waals surface area (Å²) in [5, 5.41) is 0. The SMILES string of the molecule is CC1C2CC[C@@H](c3nc4cc(I)ccc4[nH]3)N2C(=O)OC1(C)C. The molecular formula is C17H20IN3O2. The van der Waals surface area contributed by atoms with E-state index in [1.54, 1.807) is 0 Å². The van der Waals surface area contributed by atoms with E-state index in [2.05, 4.69) is 46.6 Å². The number of hydrogen-bond donors (Lipinski definition) is 1. The highest BCUT2D eigenvalue weighted by Gasteiger charge is 2.52. The van der Waals surface area contributed by atoms with Crippen LogP contribution in [0, 0.1) is 9.49 Å². The second-order valence-electron chi connectivity index (χ2n) is 7.11. The van der Waals surface area contributed by atoms with Gasteiger partial charge in [0.15, 0.2) is 0 Å². The first kappa shape index (κ1) is 15.2. The van der Waals surface area contributed by atoms with E-state index in [-0.39, 0.29) is 18.2 Å². The van der Waals surface area contributed by atoms with Crippen LogP contribution in [0.15, 0.2) is 18.2 Å². The number of hydrogen-bond acceptors (Lipinski definition) is 3. The Morgan fingerprint density at radius 1 is 1.39 bits per heavy atom. The van der Waals surface area contributed by atoms with Crippen molar-refractivity contribution in [2.45, 2.75) is 51.3 Å². The lowest BCUT2D eigenvalue weighted by Crippen LogP contribution is -2.56. The molecule has 5 nitrogen and oxygen atoms in total. The van der Waals surface area contributed by atoms with E-state index >= 15 is 0 Å². The molecular weight excluding hydrogens is 405 g/mol. The maximum atomic E-state index is 12.6. The number of nitrogens with one attached hydrogen (secondary N) is 1. The molecule has 23 heavy (non-hydrogen) atoms. The Bertz CT molecular complexity index is 785. The van der Waals surface area contributed by atoms with E-state index in [0.717, 1.165) is 33.3 Å². The van der Waals surface area contributed by atoms with E-state index in [0.29, 0.717) is 5.92 Å². The first-order valence-electron chi connectivity index (χ1n) is 8.03. The minimum absolute atomic E-state index is 0.0175. The fraction of sp³-hybridized carbons (Fsp3) is 0.529. The third kappa shape index (κ3) is 2.33. The number of H-pyrrole nitrogens is 1. The molecule has 2 fully saturated rings. The second kappa shape index (κ2) is 5.09. The van der Waals surface area contributed by atoms with Gasteiger partial charge in [0.2, 0.25) is 0 Å². The minimum atomic E-state index is -0.406. The summed E-state index contributed by atoms with van der Waals surface area (Å²) in [5.74, 6) is 1.17. The molecule has 6 heteroatoms. The van der Waals surface area contributed by atoms with E-state index < -0.39 is 5.60 Å². The Hall–Kier alpha value is -1.31. The number of halogens is 1. The van der Waals surface area contributed by atoms with Crippen molar-refractivity contribution < 1.29 is 9.53 Å². The molecule has 1 aromatic carbocycles. The molecule has 3 heterocycles. The molecule has 0 radical (unpaired) electrons. The van der Waals surface area contributed by atoms with Crippen molar-refractivity contribution in [1.82, 2.24) is 14.9 Å². The minimum Gasteiger partial charge on any atom is -0.443 e. The molecule has 1 amide bonds. The summed E-state index contributed by atoms with van der Waals surface area (Å²) < 4.78 is 6.85. The molecule has 0 saturated carbocycles. The van der Waals surface area contributed by atoms with E-state index in [9.17, 15) is 4.79 Å². The third-order valence-electron chi connectivity index (χ3n) is 5.44. The molecule has 2 aliphatic rings. The number of imidazole rings is 1. The standard InChI is InChI=1S/C17H20IN3O2/c1-9-13-6-7-14(21(13)16(22)23-17(9,2)3)15-19-11-5-4-10(18)8-12(11)20-15/h4-5,8-9,13-14H,6-7H2,1-3H3,(H,19,20)/t9?,13?,14-/m0/s1. The number of amides is 1. The molecule has 0 spiro atoms. The van der Waals surface area contributed by atoms with Gasteiger partial charge in [-0.1, -0.05) is 6.92 Å². The first-order chi connectivity index (χ1) is 10.9. The molecule has 3 atom stereocenters. The van der Waals surface area contributed by atoms with Crippen LogP contribution in [-0.4, -0.2) is 32.6 Å². The topological polar surface area (TPSA) is 58.2 Å². The van der Waals surface area contributed by atoms with Gasteiger partial charge >= 0.3 is 6.09 Å². The third-order valence-corrected chi connectivity index (χ3v) is 6.11. The maximum Gasteiger partial charge on any atom is 0.411 e. The summed E-state index contributed by atoms with van der Waals surface area (Å²) in [6.07, 6.45) is 1.71. The maximum absolute atomic E-state index is 12.6. The lowest BCUT2D eigenvalue weighted by Gasteiger charge is -2.46. The number of rotatable bonds is 1. The molecule has 2 aliphatic heterocycles. The van der Waals surface area contributed by atoms with Crippen molar-refractivity contribution in [2.75, 3.05) is 0 Å². The number of benzene rings is 1. The van der Waals surface area contributed by atoms with Crippen molar-refractivity contribution in [3.8, 4) is 0 Å². The van der Waals surface area contributed by atoms with Gasteiger partial charge in [0.25, 0.3) is 0 Å². The van der Waals surface area contributed by atoms with Crippen molar-refractivity contribution in [3.05, 3.63) is 27.6 Å². The molecule has 0 aliphatic carbocycles. The van der Waals surface area contributed by atoms with Gasteiger partial charge in [-0.2, -0.15) is 0 Å². The Balaban J connectivity index is 1.71. The number of aromatic nitrogens is 2. The Morgan fingerprint density at radius 2 is 2.17 bits per heavy atom. The van der Waals surface area contributed by atoms with Gasteiger partial charge in [0.1, 0.15) is 11.4 Å². The lowest BCUT2D eigenvalue weighted by molar-refractivity contribution is -0.0853. The Labute approximate surface area is 148 Å². The summed E-state index contributed by atoms with van der Waals surface area (Å²) in [6.45, 7) is 6.18. The summed E-state index contributed by atoms with van der Waals surface area (Å²) in [6, 6.07) is 6.37. The second-order valence-corrected chi connectivity index (χ2v) is 8.36. The predicted molar refractivity (Wildman–Crippen MR) is 96.1 cm³/mol. The normalized spacial score (nSPS) is 29.7. The molecule has 2 aromatic rings. The highest BCUT2D eigenvalue weighted by Crippen LogP contribution is 2.45. The van der Waals surface area contributed by atoms with Gasteiger partial charge in [-0.3, -0.25) is 4.90 Å². The van der Waals surface area contributed by atoms with Gasteiger partial charge in [0, 0.05) is 15.5 Å². The number of carbonyl (C=O) groups excluding carboxylic acids is 1. The average molecular weight is 425 g/mol. The van der Waals surface area contributed by atoms with Crippen molar-refractivity contribution >= 4 is 39.7 Å². The van der Waals surface area contributed by atoms with Crippen LogP contribution in [0.25, 0.3) is 11.0 Å². The van der Waals surface area contributed by atoms with Crippen LogP contribution in [0.3, 0.4) is 0 Å². The quantitative estimate of drug-likeness (QED) is 0.696. The summed E-state index contributed by atoms with van der Waals surface area (Å²) in [7, 11) is 0. The number of carbonyl (C=O) groups is 1. The van der Waals surface area contributed by atoms with Crippen LogP contribution >= 0.6 is 22.6 Å². The van der Waals surface area contributed by atoms with Gasteiger partial charge in [-0.25, -0.2) is 9.78 Å². The first-order valence-corrected chi connectivity index (χ1v) is 9.11. The average Bonchev–Trinajstić information content (AvgIpc) is 3.07. The number of cyclic esters (lactones) is 1. The monoisotopic (exact) mass is 425 g/mol. The zero-order valence-electron chi connectivity index (χ0n) is 13.5. The zero-order chi connectivity index (χ0) is 16.4. The molecule has 122 valence electrons. The van der Waals surface area contributed by atoms with E-state index in [4.69, 9.17) is 9.72 Å². The zero-order valence-corrected chi connectivity index (χ0v) is 15.6. The molecule has 1 aromatic heterocycles. The van der Waals surface area contributed by atoms with Crippen molar-refractivity contribution in [3.63, 3.8) is 0 Å². The number of nitrogens with zero attached hydrogens (tertiary/aromatic N) is 2. The van der Waals surface area contributed by atoms with Crippen molar-refractivity contribution in [1.29, 1.82) is 0 Å². The summed E-state index contributed by atoms with van der Waals surface area (Å²) >= 11 is 2.29. The Morgan fingerprint density at radius 3 is 2.96 bits per heavy atom. The van der Waals surface area contributed by atoms with Gasteiger partial charge in [0.05, 0.1) is 17.1 Å². The van der Waals surface area contributed by atoms with Crippen LogP contribution in [0.2, 0.25) is 0 Å².